The summed E-state index contributed by atoms with van der Waals surface area (Å²) in [6.45, 7) is 10.2. The van der Waals surface area contributed by atoms with Crippen molar-refractivity contribution in [3.63, 3.8) is 0 Å². The summed E-state index contributed by atoms with van der Waals surface area (Å²) in [4.78, 5) is 2.54. The van der Waals surface area contributed by atoms with Crippen molar-refractivity contribution in [1.82, 2.24) is 9.91 Å². The standard InChI is InChI=1S/C10H23N3/c1-3-10(4-2)9-12-5-7-13(11)8-6-12/h10H,3-9,11H2,1-2H3. The zero-order chi connectivity index (χ0) is 9.68. The Hall–Kier alpha value is -0.120. The highest BCUT2D eigenvalue weighted by Crippen LogP contribution is 2.10. The SMILES string of the molecule is CCC(CC)CN1CCN(N)CC1. The summed E-state index contributed by atoms with van der Waals surface area (Å²) < 4.78 is 0. The first-order chi connectivity index (χ1) is 6.26. The molecule has 0 aliphatic carbocycles. The molecule has 0 amide bonds. The summed E-state index contributed by atoms with van der Waals surface area (Å²) in [7, 11) is 0. The summed E-state index contributed by atoms with van der Waals surface area (Å²) in [5, 5.41) is 1.92. The second kappa shape index (κ2) is 5.58. The van der Waals surface area contributed by atoms with Gasteiger partial charge in [0.15, 0.2) is 0 Å². The van der Waals surface area contributed by atoms with E-state index < -0.39 is 0 Å². The molecule has 0 aromatic heterocycles. The van der Waals surface area contributed by atoms with Crippen LogP contribution >= 0.6 is 0 Å². The number of hydrogen-bond acceptors (Lipinski definition) is 3. The minimum Gasteiger partial charge on any atom is -0.300 e. The van der Waals surface area contributed by atoms with Crippen molar-refractivity contribution in [2.45, 2.75) is 26.7 Å². The molecule has 1 saturated heterocycles. The van der Waals surface area contributed by atoms with Crippen LogP contribution in [0.3, 0.4) is 0 Å². The lowest BCUT2D eigenvalue weighted by Gasteiger charge is -2.33. The minimum absolute atomic E-state index is 0.879. The van der Waals surface area contributed by atoms with Crippen LogP contribution in [-0.2, 0) is 0 Å². The maximum Gasteiger partial charge on any atom is 0.0257 e. The first-order valence-corrected chi connectivity index (χ1v) is 5.48. The van der Waals surface area contributed by atoms with E-state index in [1.807, 2.05) is 5.01 Å². The lowest BCUT2D eigenvalue weighted by Crippen LogP contribution is -2.50. The van der Waals surface area contributed by atoms with Crippen LogP contribution in [0.2, 0.25) is 0 Å². The summed E-state index contributed by atoms with van der Waals surface area (Å²) in [6, 6.07) is 0. The highest BCUT2D eigenvalue weighted by atomic mass is 15.4. The molecule has 2 N–H and O–H groups in total. The Morgan fingerprint density at radius 1 is 1.08 bits per heavy atom. The number of hydrazine groups is 1. The van der Waals surface area contributed by atoms with Crippen LogP contribution in [0.4, 0.5) is 0 Å². The smallest absolute Gasteiger partial charge is 0.0257 e. The van der Waals surface area contributed by atoms with E-state index in [0.717, 1.165) is 32.1 Å². The molecule has 13 heavy (non-hydrogen) atoms. The lowest BCUT2D eigenvalue weighted by atomic mass is 10.0. The molecule has 0 saturated carbocycles. The molecule has 1 aliphatic rings. The van der Waals surface area contributed by atoms with Crippen molar-refractivity contribution in [1.29, 1.82) is 0 Å². The molecule has 78 valence electrons. The third-order valence-electron chi connectivity index (χ3n) is 3.08. The molecule has 3 nitrogen and oxygen atoms in total. The number of nitrogens with zero attached hydrogens (tertiary/aromatic N) is 2. The fourth-order valence-electron chi connectivity index (χ4n) is 1.86. The van der Waals surface area contributed by atoms with E-state index in [0.29, 0.717) is 0 Å². The largest absolute Gasteiger partial charge is 0.300 e. The predicted octanol–water partition coefficient (Wildman–Crippen LogP) is 0.914. The van der Waals surface area contributed by atoms with Crippen molar-refractivity contribution in [2.75, 3.05) is 32.7 Å². The molecule has 0 atom stereocenters. The Labute approximate surface area is 81.8 Å². The average molecular weight is 185 g/mol. The summed E-state index contributed by atoms with van der Waals surface area (Å²) in [5.41, 5.74) is 0. The quantitative estimate of drug-likeness (QED) is 0.661. The van der Waals surface area contributed by atoms with Gasteiger partial charge in [0.25, 0.3) is 0 Å². The molecule has 1 rings (SSSR count). The number of rotatable bonds is 4. The van der Waals surface area contributed by atoms with Crippen LogP contribution in [0.25, 0.3) is 0 Å². The van der Waals surface area contributed by atoms with Crippen molar-refractivity contribution < 1.29 is 0 Å². The van der Waals surface area contributed by atoms with Gasteiger partial charge in [0.2, 0.25) is 0 Å². The molecule has 1 fully saturated rings. The molecular weight excluding hydrogens is 162 g/mol. The molecule has 0 aromatic rings. The van der Waals surface area contributed by atoms with E-state index in [1.165, 1.54) is 19.4 Å². The van der Waals surface area contributed by atoms with Gasteiger partial charge in [-0.3, -0.25) is 5.84 Å². The van der Waals surface area contributed by atoms with E-state index in [4.69, 9.17) is 5.84 Å². The van der Waals surface area contributed by atoms with Gasteiger partial charge in [-0.2, -0.15) is 0 Å². The van der Waals surface area contributed by atoms with Crippen LogP contribution in [0, 0.1) is 5.92 Å². The summed E-state index contributed by atoms with van der Waals surface area (Å²) in [5.74, 6) is 6.58. The van der Waals surface area contributed by atoms with Gasteiger partial charge in [-0.05, 0) is 5.92 Å². The number of hydrogen-bond donors (Lipinski definition) is 1. The highest BCUT2D eigenvalue weighted by molar-refractivity contribution is 4.70. The number of nitrogens with two attached hydrogens (primary N) is 1. The maximum atomic E-state index is 5.70. The third-order valence-corrected chi connectivity index (χ3v) is 3.08. The fourth-order valence-corrected chi connectivity index (χ4v) is 1.86. The summed E-state index contributed by atoms with van der Waals surface area (Å²) >= 11 is 0. The van der Waals surface area contributed by atoms with Crippen LogP contribution in [0.15, 0.2) is 0 Å². The molecular formula is C10H23N3. The van der Waals surface area contributed by atoms with Crippen molar-refractivity contribution >= 4 is 0 Å². The second-order valence-electron chi connectivity index (χ2n) is 4.02. The van der Waals surface area contributed by atoms with Gasteiger partial charge < -0.3 is 4.90 Å². The Kier molecular flexibility index (Phi) is 4.70. The van der Waals surface area contributed by atoms with Crippen LogP contribution in [0.1, 0.15) is 26.7 Å². The van der Waals surface area contributed by atoms with Gasteiger partial charge in [-0.15, -0.1) is 0 Å². The minimum atomic E-state index is 0.879. The van der Waals surface area contributed by atoms with Gasteiger partial charge in [0.05, 0.1) is 0 Å². The van der Waals surface area contributed by atoms with Crippen molar-refractivity contribution in [3.05, 3.63) is 0 Å². The van der Waals surface area contributed by atoms with E-state index in [9.17, 15) is 0 Å². The molecule has 3 heteroatoms. The lowest BCUT2D eigenvalue weighted by molar-refractivity contribution is 0.117. The topological polar surface area (TPSA) is 32.5 Å². The van der Waals surface area contributed by atoms with Crippen molar-refractivity contribution in [3.8, 4) is 0 Å². The molecule has 1 heterocycles. The average Bonchev–Trinajstić information content (AvgIpc) is 2.17. The predicted molar refractivity (Wildman–Crippen MR) is 56.3 cm³/mol. The van der Waals surface area contributed by atoms with E-state index in [-0.39, 0.29) is 0 Å². The molecule has 0 unspecified atom stereocenters. The van der Waals surface area contributed by atoms with E-state index in [2.05, 4.69) is 18.7 Å². The molecule has 0 spiro atoms. The zero-order valence-corrected chi connectivity index (χ0v) is 9.00. The Morgan fingerprint density at radius 2 is 1.62 bits per heavy atom. The van der Waals surface area contributed by atoms with Gasteiger partial charge >= 0.3 is 0 Å². The maximum absolute atomic E-state index is 5.70. The Bertz CT molecular complexity index is 126. The molecule has 0 radical (unpaired) electrons. The monoisotopic (exact) mass is 185 g/mol. The van der Waals surface area contributed by atoms with E-state index >= 15 is 0 Å². The van der Waals surface area contributed by atoms with Gasteiger partial charge in [0, 0.05) is 32.7 Å². The first kappa shape index (κ1) is 11.0. The Balaban J connectivity index is 2.21. The number of piperazine rings is 1. The van der Waals surface area contributed by atoms with Gasteiger partial charge in [-0.25, -0.2) is 5.01 Å². The zero-order valence-electron chi connectivity index (χ0n) is 9.00. The van der Waals surface area contributed by atoms with Gasteiger partial charge in [0.1, 0.15) is 0 Å². The van der Waals surface area contributed by atoms with Crippen LogP contribution in [-0.4, -0.2) is 42.6 Å². The molecule has 1 aliphatic heterocycles. The van der Waals surface area contributed by atoms with E-state index in [1.54, 1.807) is 0 Å². The normalized spacial score (nSPS) is 21.2. The fraction of sp³-hybridized carbons (Fsp3) is 1.00. The molecule has 0 aromatic carbocycles. The third kappa shape index (κ3) is 3.63. The van der Waals surface area contributed by atoms with Crippen LogP contribution in [0.5, 0.6) is 0 Å². The second-order valence-corrected chi connectivity index (χ2v) is 4.02. The van der Waals surface area contributed by atoms with Crippen LogP contribution < -0.4 is 5.84 Å². The summed E-state index contributed by atoms with van der Waals surface area (Å²) in [6.07, 6.45) is 2.61. The Morgan fingerprint density at radius 3 is 2.08 bits per heavy atom. The molecule has 0 bridgehead atoms. The van der Waals surface area contributed by atoms with Gasteiger partial charge in [-0.1, -0.05) is 26.7 Å². The highest BCUT2D eigenvalue weighted by Gasteiger charge is 2.16. The first-order valence-electron chi connectivity index (χ1n) is 5.48. The van der Waals surface area contributed by atoms with Crippen molar-refractivity contribution in [2.24, 2.45) is 11.8 Å².